The normalized spacial score (nSPS) is 12.3. The molecule has 0 aliphatic carbocycles. The van der Waals surface area contributed by atoms with Crippen LogP contribution in [0.25, 0.3) is 6.08 Å². The van der Waals surface area contributed by atoms with Crippen LogP contribution in [0.3, 0.4) is 0 Å². The molecule has 2 amide bonds. The van der Waals surface area contributed by atoms with Crippen molar-refractivity contribution in [3.05, 3.63) is 64.2 Å². The molecule has 7 nitrogen and oxygen atoms in total. The van der Waals surface area contributed by atoms with E-state index in [4.69, 9.17) is 9.52 Å². The Hall–Kier alpha value is -2.87. The van der Waals surface area contributed by atoms with Gasteiger partial charge in [-0.1, -0.05) is 28.1 Å². The minimum atomic E-state index is -1.19. The highest BCUT2D eigenvalue weighted by atomic mass is 79.9. The van der Waals surface area contributed by atoms with E-state index in [1.165, 1.54) is 25.3 Å². The summed E-state index contributed by atoms with van der Waals surface area (Å²) >= 11 is 3.32. The smallest absolute Gasteiger partial charge is 0.325 e. The molecule has 0 aliphatic heterocycles. The number of hydrogen-bond donors (Lipinski definition) is 3. The van der Waals surface area contributed by atoms with Crippen LogP contribution in [0, 0.1) is 0 Å². The molecule has 0 saturated heterocycles. The molecule has 1 heterocycles. The van der Waals surface area contributed by atoms with Crippen LogP contribution < -0.4 is 10.6 Å². The van der Waals surface area contributed by atoms with Crippen LogP contribution in [0.1, 0.15) is 23.0 Å². The van der Waals surface area contributed by atoms with Crippen LogP contribution >= 0.6 is 15.9 Å². The summed E-state index contributed by atoms with van der Waals surface area (Å²) in [5.41, 5.74) is 0.537. The van der Waals surface area contributed by atoms with E-state index in [1.54, 1.807) is 24.3 Å². The SMILES string of the molecule is C[C@@H](NC(=O)/C(=C\c1cccc(Br)c1)NC(=O)c1ccco1)C(=O)O. The molecule has 0 aliphatic rings. The van der Waals surface area contributed by atoms with Crippen molar-refractivity contribution in [2.75, 3.05) is 0 Å². The predicted octanol–water partition coefficient (Wildman–Crippen LogP) is 2.40. The molecule has 0 spiro atoms. The van der Waals surface area contributed by atoms with Gasteiger partial charge in [0.15, 0.2) is 5.76 Å². The number of hydrogen-bond acceptors (Lipinski definition) is 4. The monoisotopic (exact) mass is 406 g/mol. The lowest BCUT2D eigenvalue weighted by atomic mass is 10.1. The van der Waals surface area contributed by atoms with Crippen LogP contribution in [0.2, 0.25) is 0 Å². The fourth-order valence-corrected chi connectivity index (χ4v) is 2.27. The fraction of sp³-hybridized carbons (Fsp3) is 0.118. The molecule has 0 saturated carbocycles. The van der Waals surface area contributed by atoms with E-state index >= 15 is 0 Å². The summed E-state index contributed by atoms with van der Waals surface area (Å²) in [5.74, 6) is -2.51. The Morgan fingerprint density at radius 1 is 1.24 bits per heavy atom. The molecule has 2 aromatic rings. The second-order valence-electron chi connectivity index (χ2n) is 5.08. The largest absolute Gasteiger partial charge is 0.480 e. The maximum Gasteiger partial charge on any atom is 0.325 e. The number of furan rings is 1. The summed E-state index contributed by atoms with van der Waals surface area (Å²) in [6, 6.07) is 8.93. The standard InChI is InChI=1S/C17H15BrN2O5/c1-10(17(23)24)19-15(21)13(9-11-4-2-5-12(18)8-11)20-16(22)14-6-3-7-25-14/h2-10H,1H3,(H,19,21)(H,20,22)(H,23,24)/b13-9+/t10-/m1/s1. The van der Waals surface area contributed by atoms with Gasteiger partial charge in [-0.3, -0.25) is 14.4 Å². The third-order valence-corrected chi connectivity index (χ3v) is 3.61. The molecule has 0 bridgehead atoms. The number of benzene rings is 1. The van der Waals surface area contributed by atoms with Gasteiger partial charge in [0.05, 0.1) is 6.26 Å². The molecule has 0 unspecified atom stereocenters. The van der Waals surface area contributed by atoms with E-state index in [1.807, 2.05) is 6.07 Å². The first-order valence-electron chi connectivity index (χ1n) is 7.22. The van der Waals surface area contributed by atoms with Gasteiger partial charge in [-0.15, -0.1) is 0 Å². The van der Waals surface area contributed by atoms with Gasteiger partial charge in [0, 0.05) is 4.47 Å². The molecule has 3 N–H and O–H groups in total. The maximum atomic E-state index is 12.4. The molecule has 130 valence electrons. The van der Waals surface area contributed by atoms with Gasteiger partial charge < -0.3 is 20.2 Å². The first-order chi connectivity index (χ1) is 11.9. The van der Waals surface area contributed by atoms with Crippen molar-refractivity contribution in [3.8, 4) is 0 Å². The minimum Gasteiger partial charge on any atom is -0.480 e. The van der Waals surface area contributed by atoms with Crippen LogP contribution in [-0.2, 0) is 9.59 Å². The highest BCUT2D eigenvalue weighted by Gasteiger charge is 2.20. The Morgan fingerprint density at radius 2 is 2.00 bits per heavy atom. The molecule has 1 aromatic heterocycles. The van der Waals surface area contributed by atoms with E-state index in [0.717, 1.165) is 4.47 Å². The van der Waals surface area contributed by atoms with E-state index in [-0.39, 0.29) is 11.5 Å². The van der Waals surface area contributed by atoms with Gasteiger partial charge >= 0.3 is 5.97 Å². The van der Waals surface area contributed by atoms with Crippen LogP contribution in [0.15, 0.2) is 57.2 Å². The van der Waals surface area contributed by atoms with Crippen molar-refractivity contribution in [2.24, 2.45) is 0 Å². The Morgan fingerprint density at radius 3 is 2.60 bits per heavy atom. The van der Waals surface area contributed by atoms with E-state index in [9.17, 15) is 14.4 Å². The molecule has 25 heavy (non-hydrogen) atoms. The van der Waals surface area contributed by atoms with Gasteiger partial charge in [0.2, 0.25) is 0 Å². The van der Waals surface area contributed by atoms with Gasteiger partial charge in [0.25, 0.3) is 11.8 Å². The molecule has 8 heteroatoms. The quantitative estimate of drug-likeness (QED) is 0.638. The van der Waals surface area contributed by atoms with Crippen molar-refractivity contribution in [1.82, 2.24) is 10.6 Å². The summed E-state index contributed by atoms with van der Waals surface area (Å²) in [5, 5.41) is 13.7. The molecular weight excluding hydrogens is 392 g/mol. The average Bonchev–Trinajstić information content (AvgIpc) is 3.08. The van der Waals surface area contributed by atoms with Gasteiger partial charge in [-0.05, 0) is 42.8 Å². The number of amides is 2. The summed E-state index contributed by atoms with van der Waals surface area (Å²) in [7, 11) is 0. The number of nitrogens with one attached hydrogen (secondary N) is 2. The predicted molar refractivity (Wildman–Crippen MR) is 93.5 cm³/mol. The Balaban J connectivity index is 2.28. The lowest BCUT2D eigenvalue weighted by Crippen LogP contribution is -2.42. The topological polar surface area (TPSA) is 109 Å². The summed E-state index contributed by atoms with van der Waals surface area (Å²) in [4.78, 5) is 35.4. The van der Waals surface area contributed by atoms with Crippen LogP contribution in [0.5, 0.6) is 0 Å². The molecule has 2 rings (SSSR count). The minimum absolute atomic E-state index is 0.0271. The van der Waals surface area contributed by atoms with Crippen molar-refractivity contribution in [1.29, 1.82) is 0 Å². The lowest BCUT2D eigenvalue weighted by Gasteiger charge is -2.13. The molecule has 1 atom stereocenters. The molecule has 1 aromatic carbocycles. The Bertz CT molecular complexity index is 814. The van der Waals surface area contributed by atoms with Crippen molar-refractivity contribution in [2.45, 2.75) is 13.0 Å². The zero-order chi connectivity index (χ0) is 18.4. The summed E-state index contributed by atoms with van der Waals surface area (Å²) in [6.07, 6.45) is 2.77. The number of carbonyl (C=O) groups is 3. The second-order valence-corrected chi connectivity index (χ2v) is 5.99. The van der Waals surface area contributed by atoms with Gasteiger partial charge in [-0.2, -0.15) is 0 Å². The maximum absolute atomic E-state index is 12.4. The first kappa shape index (κ1) is 18.5. The van der Waals surface area contributed by atoms with Gasteiger partial charge in [0.1, 0.15) is 11.7 Å². The highest BCUT2D eigenvalue weighted by Crippen LogP contribution is 2.14. The third-order valence-electron chi connectivity index (χ3n) is 3.12. The zero-order valence-electron chi connectivity index (χ0n) is 13.2. The van der Waals surface area contributed by atoms with Gasteiger partial charge in [-0.25, -0.2) is 0 Å². The first-order valence-corrected chi connectivity index (χ1v) is 8.02. The number of halogens is 1. The van der Waals surface area contributed by atoms with E-state index in [0.29, 0.717) is 5.56 Å². The van der Waals surface area contributed by atoms with E-state index in [2.05, 4.69) is 26.6 Å². The molecule has 0 fully saturated rings. The lowest BCUT2D eigenvalue weighted by molar-refractivity contribution is -0.140. The Labute approximate surface area is 151 Å². The van der Waals surface area contributed by atoms with Crippen molar-refractivity contribution >= 4 is 39.8 Å². The van der Waals surface area contributed by atoms with Crippen LogP contribution in [-0.4, -0.2) is 28.9 Å². The number of rotatable bonds is 6. The molecule has 0 radical (unpaired) electrons. The van der Waals surface area contributed by atoms with Crippen molar-refractivity contribution < 1.29 is 23.9 Å². The van der Waals surface area contributed by atoms with Crippen molar-refractivity contribution in [3.63, 3.8) is 0 Å². The third kappa shape index (κ3) is 5.32. The summed E-state index contributed by atoms with van der Waals surface area (Å²) in [6.45, 7) is 1.32. The fourth-order valence-electron chi connectivity index (χ4n) is 1.85. The number of carbonyl (C=O) groups excluding carboxylic acids is 2. The summed E-state index contributed by atoms with van der Waals surface area (Å²) < 4.78 is 5.78. The zero-order valence-corrected chi connectivity index (χ0v) is 14.7. The average molecular weight is 407 g/mol. The Kier molecular flexibility index (Phi) is 6.13. The van der Waals surface area contributed by atoms with E-state index < -0.39 is 23.8 Å². The highest BCUT2D eigenvalue weighted by molar-refractivity contribution is 9.10. The number of aliphatic carboxylic acids is 1. The number of carboxylic acid groups (broad SMARTS) is 1. The molecular formula is C17H15BrN2O5. The second kappa shape index (κ2) is 8.29. The number of carboxylic acids is 1. The van der Waals surface area contributed by atoms with Crippen LogP contribution in [0.4, 0.5) is 0 Å².